The Bertz CT molecular complexity index is 854. The molecule has 26 heavy (non-hydrogen) atoms. The van der Waals surface area contributed by atoms with Gasteiger partial charge in [0.1, 0.15) is 5.82 Å². The van der Waals surface area contributed by atoms with Crippen LogP contribution in [0.15, 0.2) is 60.9 Å². The lowest BCUT2D eigenvalue weighted by Gasteiger charge is -2.24. The van der Waals surface area contributed by atoms with E-state index in [-0.39, 0.29) is 0 Å². The van der Waals surface area contributed by atoms with E-state index in [1.165, 1.54) is 12.0 Å². The van der Waals surface area contributed by atoms with Crippen molar-refractivity contribution in [3.8, 4) is 0 Å². The fourth-order valence-corrected chi connectivity index (χ4v) is 3.47. The molecule has 0 radical (unpaired) electrons. The van der Waals surface area contributed by atoms with Crippen molar-refractivity contribution < 1.29 is 0 Å². The number of anilines is 2. The second-order valence-corrected chi connectivity index (χ2v) is 6.84. The highest BCUT2D eigenvalue weighted by Crippen LogP contribution is 2.32. The minimum absolute atomic E-state index is 0.304. The van der Waals surface area contributed by atoms with Gasteiger partial charge in [0.25, 0.3) is 0 Å². The molecule has 1 saturated heterocycles. The molecule has 1 atom stereocenters. The molecule has 1 fully saturated rings. The summed E-state index contributed by atoms with van der Waals surface area (Å²) in [6, 6.07) is 16.1. The van der Waals surface area contributed by atoms with E-state index in [2.05, 4.69) is 32.3 Å². The van der Waals surface area contributed by atoms with Crippen molar-refractivity contribution in [2.75, 3.05) is 11.9 Å². The Morgan fingerprint density at radius 3 is 2.73 bits per heavy atom. The predicted molar refractivity (Wildman–Crippen MR) is 103 cm³/mol. The highest BCUT2D eigenvalue weighted by atomic mass is 35.5. The summed E-state index contributed by atoms with van der Waals surface area (Å²) in [5.74, 6) is 1.33. The van der Waals surface area contributed by atoms with Crippen LogP contribution >= 0.6 is 11.6 Å². The maximum absolute atomic E-state index is 5.99. The minimum atomic E-state index is 0.304. The summed E-state index contributed by atoms with van der Waals surface area (Å²) in [5, 5.41) is 3.94. The van der Waals surface area contributed by atoms with Crippen LogP contribution in [0.3, 0.4) is 0 Å². The summed E-state index contributed by atoms with van der Waals surface area (Å²) in [6.07, 6.45) is 5.84. The summed E-state index contributed by atoms with van der Waals surface area (Å²) in [6.45, 7) is 1.97. The molecular formula is C20H20ClN5. The molecule has 0 spiro atoms. The monoisotopic (exact) mass is 365 g/mol. The SMILES string of the molecule is Clc1ccc(CN2CCC[C@H]2c2ccnc(Nc3ccccn3)n2)cc1. The van der Waals surface area contributed by atoms with Gasteiger partial charge in [0, 0.05) is 24.0 Å². The Kier molecular flexibility index (Phi) is 5.09. The molecular weight excluding hydrogens is 346 g/mol. The van der Waals surface area contributed by atoms with E-state index in [9.17, 15) is 0 Å². The molecule has 0 aliphatic carbocycles. The van der Waals surface area contributed by atoms with Gasteiger partial charge < -0.3 is 5.32 Å². The summed E-state index contributed by atoms with van der Waals surface area (Å²) in [4.78, 5) is 15.8. The molecule has 0 unspecified atom stereocenters. The van der Waals surface area contributed by atoms with Gasteiger partial charge in [-0.05, 0) is 55.3 Å². The Labute approximate surface area is 158 Å². The summed E-state index contributed by atoms with van der Waals surface area (Å²) in [5.41, 5.74) is 2.31. The molecule has 1 N–H and O–H groups in total. The highest BCUT2D eigenvalue weighted by molar-refractivity contribution is 6.30. The van der Waals surface area contributed by atoms with Crippen LogP contribution in [0.4, 0.5) is 11.8 Å². The van der Waals surface area contributed by atoms with Gasteiger partial charge in [-0.2, -0.15) is 0 Å². The van der Waals surface area contributed by atoms with Crippen LogP contribution in [-0.2, 0) is 6.54 Å². The maximum atomic E-state index is 5.99. The van der Waals surface area contributed by atoms with Crippen LogP contribution in [-0.4, -0.2) is 26.4 Å². The van der Waals surface area contributed by atoms with Crippen molar-refractivity contribution in [3.63, 3.8) is 0 Å². The molecule has 2 aromatic heterocycles. The molecule has 132 valence electrons. The van der Waals surface area contributed by atoms with Crippen molar-refractivity contribution in [1.29, 1.82) is 0 Å². The van der Waals surface area contributed by atoms with Gasteiger partial charge in [-0.25, -0.2) is 15.0 Å². The van der Waals surface area contributed by atoms with Crippen molar-refractivity contribution in [2.24, 2.45) is 0 Å². The van der Waals surface area contributed by atoms with Crippen LogP contribution in [0.1, 0.15) is 30.1 Å². The molecule has 1 aliphatic heterocycles. The van der Waals surface area contributed by atoms with Crippen molar-refractivity contribution in [1.82, 2.24) is 19.9 Å². The average Bonchev–Trinajstić information content (AvgIpc) is 3.13. The molecule has 0 amide bonds. The standard InChI is InChI=1S/C20H20ClN5/c21-16-8-6-15(7-9-16)14-26-13-3-4-18(26)17-10-12-23-20(24-17)25-19-5-1-2-11-22-19/h1-2,5-12,18H,3-4,13-14H2,(H,22,23,24,25)/t18-/m0/s1. The van der Waals surface area contributed by atoms with E-state index < -0.39 is 0 Å². The number of halogens is 1. The lowest BCUT2D eigenvalue weighted by Crippen LogP contribution is -2.23. The number of nitrogens with one attached hydrogen (secondary N) is 1. The van der Waals surface area contributed by atoms with Crippen LogP contribution in [0.25, 0.3) is 0 Å². The Hall–Kier alpha value is -2.50. The topological polar surface area (TPSA) is 53.9 Å². The van der Waals surface area contributed by atoms with Gasteiger partial charge in [-0.3, -0.25) is 4.90 Å². The quantitative estimate of drug-likeness (QED) is 0.715. The fourth-order valence-electron chi connectivity index (χ4n) is 3.34. The van der Waals surface area contributed by atoms with Gasteiger partial charge in [0.2, 0.25) is 5.95 Å². The zero-order chi connectivity index (χ0) is 17.8. The van der Waals surface area contributed by atoms with Gasteiger partial charge in [-0.1, -0.05) is 29.8 Å². The number of hydrogen-bond donors (Lipinski definition) is 1. The molecule has 1 aliphatic rings. The van der Waals surface area contributed by atoms with E-state index in [0.717, 1.165) is 36.0 Å². The van der Waals surface area contributed by atoms with E-state index in [4.69, 9.17) is 16.6 Å². The first-order valence-electron chi connectivity index (χ1n) is 8.77. The molecule has 3 aromatic rings. The molecule has 6 heteroatoms. The Morgan fingerprint density at radius 1 is 1.04 bits per heavy atom. The second kappa shape index (κ2) is 7.81. The van der Waals surface area contributed by atoms with Crippen molar-refractivity contribution in [2.45, 2.75) is 25.4 Å². The molecule has 5 nitrogen and oxygen atoms in total. The normalized spacial score (nSPS) is 17.3. The first kappa shape index (κ1) is 16.9. The average molecular weight is 366 g/mol. The fraction of sp³-hybridized carbons (Fsp3) is 0.250. The molecule has 0 bridgehead atoms. The van der Waals surface area contributed by atoms with Crippen LogP contribution in [0, 0.1) is 0 Å². The number of benzene rings is 1. The number of pyridine rings is 1. The van der Waals surface area contributed by atoms with Crippen molar-refractivity contribution in [3.05, 3.63) is 77.2 Å². The van der Waals surface area contributed by atoms with Crippen LogP contribution in [0.2, 0.25) is 5.02 Å². The first-order chi connectivity index (χ1) is 12.8. The first-order valence-corrected chi connectivity index (χ1v) is 9.15. The zero-order valence-electron chi connectivity index (χ0n) is 14.3. The van der Waals surface area contributed by atoms with E-state index in [1.807, 2.05) is 42.6 Å². The maximum Gasteiger partial charge on any atom is 0.228 e. The molecule has 1 aromatic carbocycles. The smallest absolute Gasteiger partial charge is 0.228 e. The Morgan fingerprint density at radius 2 is 1.92 bits per heavy atom. The number of likely N-dealkylation sites (tertiary alicyclic amines) is 1. The largest absolute Gasteiger partial charge is 0.309 e. The number of rotatable bonds is 5. The van der Waals surface area contributed by atoms with E-state index >= 15 is 0 Å². The Balaban J connectivity index is 1.50. The van der Waals surface area contributed by atoms with Gasteiger partial charge >= 0.3 is 0 Å². The minimum Gasteiger partial charge on any atom is -0.309 e. The van der Waals surface area contributed by atoms with Gasteiger partial charge in [0.05, 0.1) is 11.7 Å². The highest BCUT2D eigenvalue weighted by Gasteiger charge is 2.27. The van der Waals surface area contributed by atoms with Gasteiger partial charge in [0.15, 0.2) is 0 Å². The van der Waals surface area contributed by atoms with Gasteiger partial charge in [-0.15, -0.1) is 0 Å². The number of nitrogens with zero attached hydrogens (tertiary/aromatic N) is 4. The van der Waals surface area contributed by atoms with Crippen LogP contribution < -0.4 is 5.32 Å². The lowest BCUT2D eigenvalue weighted by atomic mass is 10.1. The summed E-state index contributed by atoms with van der Waals surface area (Å²) in [7, 11) is 0. The van der Waals surface area contributed by atoms with E-state index in [1.54, 1.807) is 6.20 Å². The number of aromatic nitrogens is 3. The third kappa shape index (κ3) is 4.00. The number of hydrogen-bond acceptors (Lipinski definition) is 5. The van der Waals surface area contributed by atoms with Crippen molar-refractivity contribution >= 4 is 23.4 Å². The lowest BCUT2D eigenvalue weighted by molar-refractivity contribution is 0.244. The third-order valence-corrected chi connectivity index (χ3v) is 4.84. The molecule has 4 rings (SSSR count). The zero-order valence-corrected chi connectivity index (χ0v) is 15.1. The summed E-state index contributed by atoms with van der Waals surface area (Å²) < 4.78 is 0. The van der Waals surface area contributed by atoms with E-state index in [0.29, 0.717) is 12.0 Å². The second-order valence-electron chi connectivity index (χ2n) is 6.40. The molecule has 0 saturated carbocycles. The summed E-state index contributed by atoms with van der Waals surface area (Å²) >= 11 is 5.99. The molecule has 3 heterocycles. The predicted octanol–water partition coefficient (Wildman–Crippen LogP) is 4.61. The van der Waals surface area contributed by atoms with Crippen LogP contribution in [0.5, 0.6) is 0 Å². The third-order valence-electron chi connectivity index (χ3n) is 4.59.